The minimum absolute atomic E-state index is 0.226. The van der Waals surface area contributed by atoms with E-state index in [0.717, 1.165) is 44.6 Å². The Balaban J connectivity index is 1.80. The molecule has 2 atom stereocenters. The molecule has 0 amide bonds. The van der Waals surface area contributed by atoms with Crippen LogP contribution in [0.1, 0.15) is 31.7 Å². The normalized spacial score (nSPS) is 21.1. The van der Waals surface area contributed by atoms with E-state index in [4.69, 9.17) is 9.47 Å². The molecule has 0 radical (unpaired) electrons. The maximum absolute atomic E-state index is 5.92. The quantitative estimate of drug-likeness (QED) is 0.856. The van der Waals surface area contributed by atoms with Crippen molar-refractivity contribution in [2.45, 2.75) is 44.8 Å². The number of nitrogens with one attached hydrogen (secondary N) is 1. The van der Waals surface area contributed by atoms with Gasteiger partial charge in [0.05, 0.1) is 6.61 Å². The summed E-state index contributed by atoms with van der Waals surface area (Å²) in [5.41, 5.74) is 1.37. The van der Waals surface area contributed by atoms with Gasteiger partial charge in [-0.15, -0.1) is 0 Å². The first-order valence-corrected chi connectivity index (χ1v) is 7.28. The number of rotatable bonds is 6. The van der Waals surface area contributed by atoms with Crippen LogP contribution in [0.3, 0.4) is 0 Å². The molecule has 1 aliphatic rings. The molecule has 1 aliphatic heterocycles. The molecule has 1 fully saturated rings. The van der Waals surface area contributed by atoms with E-state index in [9.17, 15) is 0 Å². The number of ether oxygens (including phenoxy) is 2. The molecular formula is C16H25NO2. The van der Waals surface area contributed by atoms with E-state index < -0.39 is 0 Å². The van der Waals surface area contributed by atoms with Crippen LogP contribution in [0.5, 0.6) is 5.75 Å². The van der Waals surface area contributed by atoms with Gasteiger partial charge in [-0.05, 0) is 57.4 Å². The molecular weight excluding hydrogens is 238 g/mol. The molecule has 0 bridgehead atoms. The van der Waals surface area contributed by atoms with E-state index in [1.807, 2.05) is 7.05 Å². The molecule has 19 heavy (non-hydrogen) atoms. The Kier molecular flexibility index (Phi) is 5.67. The third-order valence-corrected chi connectivity index (χ3v) is 3.70. The highest BCUT2D eigenvalue weighted by Gasteiger charge is 2.15. The van der Waals surface area contributed by atoms with Crippen LogP contribution in [0.15, 0.2) is 24.3 Å². The Morgan fingerprint density at radius 2 is 2.16 bits per heavy atom. The first-order chi connectivity index (χ1) is 9.28. The zero-order valence-electron chi connectivity index (χ0n) is 12.0. The van der Waals surface area contributed by atoms with Crippen molar-refractivity contribution in [2.75, 3.05) is 20.3 Å². The van der Waals surface area contributed by atoms with Gasteiger partial charge in [-0.1, -0.05) is 12.1 Å². The van der Waals surface area contributed by atoms with E-state index in [2.05, 4.69) is 36.5 Å². The van der Waals surface area contributed by atoms with E-state index >= 15 is 0 Å². The summed E-state index contributed by atoms with van der Waals surface area (Å²) in [4.78, 5) is 0. The van der Waals surface area contributed by atoms with Crippen molar-refractivity contribution < 1.29 is 9.47 Å². The van der Waals surface area contributed by atoms with Crippen molar-refractivity contribution in [1.29, 1.82) is 0 Å². The Morgan fingerprint density at radius 1 is 1.37 bits per heavy atom. The Hall–Kier alpha value is -1.06. The van der Waals surface area contributed by atoms with Gasteiger partial charge in [0.1, 0.15) is 11.9 Å². The van der Waals surface area contributed by atoms with Crippen LogP contribution in [0.25, 0.3) is 0 Å². The van der Waals surface area contributed by atoms with Gasteiger partial charge in [0.25, 0.3) is 0 Å². The number of hydrogen-bond donors (Lipinski definition) is 1. The first kappa shape index (κ1) is 14.4. The van der Waals surface area contributed by atoms with Gasteiger partial charge in [-0.25, -0.2) is 0 Å². The number of benzene rings is 1. The molecule has 2 rings (SSSR count). The van der Waals surface area contributed by atoms with Crippen LogP contribution in [-0.2, 0) is 11.2 Å². The standard InChI is InChI=1S/C16H25NO2/c1-13(17-2)5-6-14-7-9-15(10-8-14)19-16-4-3-11-18-12-16/h7-10,13,16-17H,3-6,11-12H2,1-2H3. The van der Waals surface area contributed by atoms with Gasteiger partial charge < -0.3 is 14.8 Å². The largest absolute Gasteiger partial charge is 0.488 e. The van der Waals surface area contributed by atoms with E-state index in [1.54, 1.807) is 0 Å². The lowest BCUT2D eigenvalue weighted by Crippen LogP contribution is -2.27. The Morgan fingerprint density at radius 3 is 2.79 bits per heavy atom. The van der Waals surface area contributed by atoms with Gasteiger partial charge in [0, 0.05) is 12.6 Å². The summed E-state index contributed by atoms with van der Waals surface area (Å²) in [5, 5.41) is 3.26. The van der Waals surface area contributed by atoms with Crippen molar-refractivity contribution in [3.63, 3.8) is 0 Å². The molecule has 2 unspecified atom stereocenters. The molecule has 0 saturated carbocycles. The lowest BCUT2D eigenvalue weighted by Gasteiger charge is -2.23. The van der Waals surface area contributed by atoms with Crippen LogP contribution < -0.4 is 10.1 Å². The maximum atomic E-state index is 5.92. The average molecular weight is 263 g/mol. The Bertz CT molecular complexity index is 358. The predicted octanol–water partition coefficient (Wildman–Crippen LogP) is 2.78. The van der Waals surface area contributed by atoms with Gasteiger partial charge in [0.2, 0.25) is 0 Å². The lowest BCUT2D eigenvalue weighted by molar-refractivity contribution is 0.00742. The van der Waals surface area contributed by atoms with E-state index in [1.165, 1.54) is 5.56 Å². The minimum atomic E-state index is 0.226. The summed E-state index contributed by atoms with van der Waals surface area (Å²) in [5.74, 6) is 0.959. The summed E-state index contributed by atoms with van der Waals surface area (Å²) in [7, 11) is 2.01. The van der Waals surface area contributed by atoms with E-state index in [0.29, 0.717) is 6.04 Å². The summed E-state index contributed by atoms with van der Waals surface area (Å²) in [6.07, 6.45) is 4.69. The zero-order valence-corrected chi connectivity index (χ0v) is 12.0. The highest BCUT2D eigenvalue weighted by Crippen LogP contribution is 2.18. The van der Waals surface area contributed by atoms with Gasteiger partial charge in [0.15, 0.2) is 0 Å². The summed E-state index contributed by atoms with van der Waals surface area (Å²) in [6.45, 7) is 3.81. The third kappa shape index (κ3) is 4.84. The van der Waals surface area contributed by atoms with Crippen LogP contribution in [0.2, 0.25) is 0 Å². The first-order valence-electron chi connectivity index (χ1n) is 7.28. The number of hydrogen-bond acceptors (Lipinski definition) is 3. The van der Waals surface area contributed by atoms with Crippen molar-refractivity contribution in [2.24, 2.45) is 0 Å². The summed E-state index contributed by atoms with van der Waals surface area (Å²) in [6, 6.07) is 9.06. The molecule has 106 valence electrons. The smallest absolute Gasteiger partial charge is 0.122 e. The molecule has 1 heterocycles. The zero-order chi connectivity index (χ0) is 13.5. The van der Waals surface area contributed by atoms with Crippen molar-refractivity contribution in [1.82, 2.24) is 5.32 Å². The highest BCUT2D eigenvalue weighted by molar-refractivity contribution is 5.27. The molecule has 0 aliphatic carbocycles. The maximum Gasteiger partial charge on any atom is 0.122 e. The van der Waals surface area contributed by atoms with Gasteiger partial charge in [-0.2, -0.15) is 0 Å². The fourth-order valence-electron chi connectivity index (χ4n) is 2.26. The van der Waals surface area contributed by atoms with E-state index in [-0.39, 0.29) is 6.10 Å². The lowest BCUT2D eigenvalue weighted by atomic mass is 10.1. The van der Waals surface area contributed by atoms with Crippen LogP contribution >= 0.6 is 0 Å². The molecule has 3 nitrogen and oxygen atoms in total. The summed E-state index contributed by atoms with van der Waals surface area (Å²) < 4.78 is 11.3. The second-order valence-electron chi connectivity index (χ2n) is 5.33. The fourth-order valence-corrected chi connectivity index (χ4v) is 2.26. The second-order valence-corrected chi connectivity index (χ2v) is 5.33. The predicted molar refractivity (Wildman–Crippen MR) is 77.8 cm³/mol. The molecule has 0 spiro atoms. The molecule has 1 aromatic carbocycles. The van der Waals surface area contributed by atoms with Crippen molar-refractivity contribution >= 4 is 0 Å². The topological polar surface area (TPSA) is 30.5 Å². The molecule has 0 aromatic heterocycles. The third-order valence-electron chi connectivity index (χ3n) is 3.70. The Labute approximate surface area is 116 Å². The van der Waals surface area contributed by atoms with Crippen LogP contribution in [0, 0.1) is 0 Å². The molecule has 1 saturated heterocycles. The van der Waals surface area contributed by atoms with Crippen LogP contribution in [0.4, 0.5) is 0 Å². The SMILES string of the molecule is CNC(C)CCc1ccc(OC2CCCOC2)cc1. The van der Waals surface area contributed by atoms with Gasteiger partial charge >= 0.3 is 0 Å². The van der Waals surface area contributed by atoms with Crippen LogP contribution in [-0.4, -0.2) is 32.4 Å². The highest BCUT2D eigenvalue weighted by atomic mass is 16.5. The summed E-state index contributed by atoms with van der Waals surface area (Å²) >= 11 is 0. The van der Waals surface area contributed by atoms with Gasteiger partial charge in [-0.3, -0.25) is 0 Å². The van der Waals surface area contributed by atoms with Crippen molar-refractivity contribution in [3.8, 4) is 5.75 Å². The second kappa shape index (κ2) is 7.51. The minimum Gasteiger partial charge on any atom is -0.488 e. The number of aryl methyl sites for hydroxylation is 1. The fraction of sp³-hybridized carbons (Fsp3) is 0.625. The monoisotopic (exact) mass is 263 g/mol. The average Bonchev–Trinajstić information content (AvgIpc) is 2.47. The van der Waals surface area contributed by atoms with Crippen molar-refractivity contribution in [3.05, 3.63) is 29.8 Å². The molecule has 1 N–H and O–H groups in total. The molecule has 3 heteroatoms. The molecule has 1 aromatic rings.